The number of hydrogen-bond acceptors (Lipinski definition) is 2. The third-order valence-corrected chi connectivity index (χ3v) is 7.59. The van der Waals surface area contributed by atoms with E-state index >= 15 is 0 Å². The molecule has 1 N–H and O–H groups in total. The predicted octanol–water partition coefficient (Wildman–Crippen LogP) is 3.35. The van der Waals surface area contributed by atoms with Crippen molar-refractivity contribution in [3.05, 3.63) is 35.9 Å². The van der Waals surface area contributed by atoms with Gasteiger partial charge in [0.15, 0.2) is 0 Å². The van der Waals surface area contributed by atoms with Crippen LogP contribution >= 0.6 is 0 Å². The van der Waals surface area contributed by atoms with E-state index in [1.54, 1.807) is 0 Å². The van der Waals surface area contributed by atoms with Crippen LogP contribution in [0.2, 0.25) is 0 Å². The Balaban J connectivity index is 1.54. The average Bonchev–Trinajstić information content (AvgIpc) is 2.60. The van der Waals surface area contributed by atoms with Crippen LogP contribution < -0.4 is 5.32 Å². The summed E-state index contributed by atoms with van der Waals surface area (Å²) in [5.74, 6) is 1.21. The molecule has 25 heavy (non-hydrogen) atoms. The van der Waals surface area contributed by atoms with Crippen molar-refractivity contribution >= 4 is 5.91 Å². The van der Waals surface area contributed by atoms with Gasteiger partial charge in [-0.1, -0.05) is 37.3 Å². The van der Waals surface area contributed by atoms with E-state index in [2.05, 4.69) is 47.5 Å². The Labute approximate surface area is 151 Å². The number of nitrogens with zero attached hydrogens (tertiary/aromatic N) is 1. The fourth-order valence-electron chi connectivity index (χ4n) is 7.48. The average molecular weight is 338 g/mol. The summed E-state index contributed by atoms with van der Waals surface area (Å²) < 4.78 is 0. The molecule has 4 saturated carbocycles. The molecule has 4 bridgehead atoms. The van der Waals surface area contributed by atoms with Gasteiger partial charge in [-0.05, 0) is 60.8 Å². The number of carbonyl (C=O) groups excluding carboxylic acids is 1. The molecule has 1 amide bonds. The van der Waals surface area contributed by atoms with Crippen LogP contribution in [-0.4, -0.2) is 37.0 Å². The van der Waals surface area contributed by atoms with Crippen molar-refractivity contribution in [3.8, 4) is 0 Å². The maximum atomic E-state index is 13.7. The highest BCUT2D eigenvalue weighted by atomic mass is 16.2. The lowest BCUT2D eigenvalue weighted by Crippen LogP contribution is -2.63. The van der Waals surface area contributed by atoms with Crippen LogP contribution in [0.25, 0.3) is 0 Å². The fourth-order valence-corrected chi connectivity index (χ4v) is 7.48. The predicted molar refractivity (Wildman–Crippen MR) is 99.3 cm³/mol. The van der Waals surface area contributed by atoms with Gasteiger partial charge in [0, 0.05) is 26.2 Å². The van der Waals surface area contributed by atoms with Gasteiger partial charge in [-0.15, -0.1) is 0 Å². The first-order chi connectivity index (χ1) is 12.0. The smallest absolute Gasteiger partial charge is 0.228 e. The molecule has 5 fully saturated rings. The Morgan fingerprint density at radius 1 is 1.04 bits per heavy atom. The first-order valence-electron chi connectivity index (χ1n) is 10.1. The molecule has 134 valence electrons. The molecule has 0 spiro atoms. The number of amides is 1. The van der Waals surface area contributed by atoms with Gasteiger partial charge in [0.2, 0.25) is 5.91 Å². The summed E-state index contributed by atoms with van der Waals surface area (Å²) in [7, 11) is 0. The van der Waals surface area contributed by atoms with E-state index in [-0.39, 0.29) is 10.8 Å². The van der Waals surface area contributed by atoms with Crippen molar-refractivity contribution in [3.63, 3.8) is 0 Å². The summed E-state index contributed by atoms with van der Waals surface area (Å²) in [6.07, 6.45) is 7.24. The molecule has 1 aromatic carbocycles. The van der Waals surface area contributed by atoms with Crippen LogP contribution in [0.15, 0.2) is 30.3 Å². The molecular weight excluding hydrogens is 308 g/mol. The van der Waals surface area contributed by atoms with Crippen molar-refractivity contribution in [2.24, 2.45) is 16.7 Å². The minimum Gasteiger partial charge on any atom is -0.340 e. The van der Waals surface area contributed by atoms with Crippen molar-refractivity contribution in [1.82, 2.24) is 10.2 Å². The van der Waals surface area contributed by atoms with Crippen LogP contribution in [0.3, 0.4) is 0 Å². The normalized spacial score (nSPS) is 42.6. The van der Waals surface area contributed by atoms with Crippen molar-refractivity contribution < 1.29 is 4.79 Å². The lowest BCUT2D eigenvalue weighted by molar-refractivity contribution is -0.171. The number of piperazine rings is 1. The highest BCUT2D eigenvalue weighted by Gasteiger charge is 2.65. The van der Waals surface area contributed by atoms with Gasteiger partial charge < -0.3 is 10.2 Å². The van der Waals surface area contributed by atoms with Crippen LogP contribution in [0, 0.1) is 16.7 Å². The molecule has 3 nitrogen and oxygen atoms in total. The van der Waals surface area contributed by atoms with Crippen LogP contribution in [0.5, 0.6) is 0 Å². The van der Waals surface area contributed by atoms with E-state index in [1.807, 2.05) is 0 Å². The van der Waals surface area contributed by atoms with Crippen molar-refractivity contribution in [2.75, 3.05) is 26.2 Å². The zero-order valence-corrected chi connectivity index (χ0v) is 15.4. The van der Waals surface area contributed by atoms with E-state index in [9.17, 15) is 4.79 Å². The molecule has 1 heterocycles. The van der Waals surface area contributed by atoms with Gasteiger partial charge in [0.1, 0.15) is 0 Å². The van der Waals surface area contributed by atoms with Gasteiger partial charge in [0.05, 0.1) is 5.41 Å². The topological polar surface area (TPSA) is 32.3 Å². The number of rotatable bonds is 2. The van der Waals surface area contributed by atoms with E-state index < -0.39 is 0 Å². The minimum absolute atomic E-state index is 0.0959. The second-order valence-corrected chi connectivity index (χ2v) is 9.79. The third kappa shape index (κ3) is 2.38. The van der Waals surface area contributed by atoms with Gasteiger partial charge in [-0.25, -0.2) is 0 Å². The van der Waals surface area contributed by atoms with Crippen LogP contribution in [0.4, 0.5) is 0 Å². The SMILES string of the molecule is C[C@]12CC3CC(C(=O)N4CCNCC4)(C1)C[C@@](c1ccccc1)(C3)C2. The van der Waals surface area contributed by atoms with Crippen LogP contribution in [0.1, 0.15) is 51.0 Å². The molecule has 1 saturated heterocycles. The summed E-state index contributed by atoms with van der Waals surface area (Å²) in [6.45, 7) is 6.15. The number of carbonyl (C=O) groups is 1. The number of hydrogen-bond donors (Lipinski definition) is 1. The van der Waals surface area contributed by atoms with Gasteiger partial charge in [0.25, 0.3) is 0 Å². The minimum atomic E-state index is -0.0959. The largest absolute Gasteiger partial charge is 0.340 e. The second-order valence-electron chi connectivity index (χ2n) is 9.79. The summed E-state index contributed by atoms with van der Waals surface area (Å²) >= 11 is 0. The standard InChI is InChI=1S/C22H30N2O/c1-20-11-17-12-21(14-20,18-5-3-2-4-6-18)16-22(13-17,15-20)19(25)24-9-7-23-8-10-24/h2-6,17,23H,7-16H2,1H3/t17?,20-,21-,22?/m1/s1. The molecule has 1 aliphatic heterocycles. The monoisotopic (exact) mass is 338 g/mol. The van der Waals surface area contributed by atoms with Gasteiger partial charge in [-0.3, -0.25) is 4.79 Å². The van der Waals surface area contributed by atoms with Crippen LogP contribution in [-0.2, 0) is 10.2 Å². The first kappa shape index (κ1) is 15.9. The Bertz CT molecular complexity index is 683. The molecule has 1 aromatic rings. The Morgan fingerprint density at radius 3 is 2.52 bits per heavy atom. The zero-order valence-electron chi connectivity index (χ0n) is 15.4. The van der Waals surface area contributed by atoms with Crippen molar-refractivity contribution in [2.45, 2.75) is 50.9 Å². The molecule has 6 rings (SSSR count). The Hall–Kier alpha value is -1.35. The second kappa shape index (κ2) is 5.33. The molecule has 0 radical (unpaired) electrons. The Morgan fingerprint density at radius 2 is 1.80 bits per heavy atom. The molecule has 2 unspecified atom stereocenters. The molecule has 3 heteroatoms. The summed E-state index contributed by atoms with van der Waals surface area (Å²) in [4.78, 5) is 15.8. The summed E-state index contributed by atoms with van der Waals surface area (Å²) in [5.41, 5.74) is 1.97. The third-order valence-electron chi connectivity index (χ3n) is 7.59. The number of benzene rings is 1. The lowest BCUT2D eigenvalue weighted by atomic mass is 9.38. The van der Waals surface area contributed by atoms with E-state index in [1.165, 1.54) is 24.8 Å². The molecular formula is C22H30N2O. The van der Waals surface area contributed by atoms with E-state index in [4.69, 9.17) is 0 Å². The zero-order chi connectivity index (χ0) is 17.1. The Kier molecular flexibility index (Phi) is 3.38. The van der Waals surface area contributed by atoms with Crippen molar-refractivity contribution in [1.29, 1.82) is 0 Å². The summed E-state index contributed by atoms with van der Waals surface area (Å²) in [5, 5.41) is 3.39. The maximum Gasteiger partial charge on any atom is 0.228 e. The summed E-state index contributed by atoms with van der Waals surface area (Å²) in [6, 6.07) is 11.1. The molecule has 0 aromatic heterocycles. The quantitative estimate of drug-likeness (QED) is 0.897. The fraction of sp³-hybridized carbons (Fsp3) is 0.682. The van der Waals surface area contributed by atoms with Gasteiger partial charge >= 0.3 is 0 Å². The highest BCUT2D eigenvalue weighted by Crippen LogP contribution is 2.70. The lowest BCUT2D eigenvalue weighted by Gasteiger charge is -2.66. The molecule has 4 atom stereocenters. The maximum absolute atomic E-state index is 13.7. The van der Waals surface area contributed by atoms with Gasteiger partial charge in [-0.2, -0.15) is 0 Å². The molecule has 4 aliphatic carbocycles. The molecule has 5 aliphatic rings. The highest BCUT2D eigenvalue weighted by molar-refractivity contribution is 5.84. The number of nitrogens with one attached hydrogen (secondary N) is 1. The van der Waals surface area contributed by atoms with E-state index in [0.717, 1.165) is 51.4 Å². The van der Waals surface area contributed by atoms with E-state index in [0.29, 0.717) is 11.3 Å². The first-order valence-corrected chi connectivity index (χ1v) is 10.1.